The molecule has 1 aliphatic rings. The van der Waals surface area contributed by atoms with Gasteiger partial charge in [0.2, 0.25) is 0 Å². The van der Waals surface area contributed by atoms with Crippen molar-refractivity contribution in [3.05, 3.63) is 59.2 Å². The molecule has 0 aromatic heterocycles. The molecule has 144 valence electrons. The van der Waals surface area contributed by atoms with Crippen molar-refractivity contribution in [3.8, 4) is 11.1 Å². The van der Waals surface area contributed by atoms with Crippen LogP contribution in [0.4, 0.5) is 4.79 Å². The summed E-state index contributed by atoms with van der Waals surface area (Å²) in [6, 6.07) is 13.2. The molecular weight excluding hydrogens is 368 g/mol. The maximum atomic E-state index is 12.0. The van der Waals surface area contributed by atoms with E-state index < -0.39 is 18.1 Å². The van der Waals surface area contributed by atoms with Crippen molar-refractivity contribution in [1.82, 2.24) is 5.32 Å². The van der Waals surface area contributed by atoms with Crippen molar-refractivity contribution in [2.45, 2.75) is 31.9 Å². The summed E-state index contributed by atoms with van der Waals surface area (Å²) in [5.74, 6) is -1.09. The van der Waals surface area contributed by atoms with E-state index in [1.165, 1.54) is 11.1 Å². The van der Waals surface area contributed by atoms with Crippen molar-refractivity contribution < 1.29 is 19.4 Å². The van der Waals surface area contributed by atoms with Gasteiger partial charge in [-0.1, -0.05) is 42.5 Å². The molecule has 1 atom stereocenters. The average molecular weight is 391 g/mol. The fourth-order valence-electron chi connectivity index (χ4n) is 3.27. The third-order valence-corrected chi connectivity index (χ3v) is 4.59. The minimum absolute atomic E-state index is 0. The van der Waals surface area contributed by atoms with Gasteiger partial charge in [0, 0.05) is 0 Å². The van der Waals surface area contributed by atoms with Crippen LogP contribution in [0.2, 0.25) is 0 Å². The highest BCUT2D eigenvalue weighted by Gasteiger charge is 2.22. The zero-order chi connectivity index (χ0) is 18.5. The largest absolute Gasteiger partial charge is 0.480 e. The number of carboxylic acids is 1. The van der Waals surface area contributed by atoms with E-state index in [0.717, 1.165) is 23.1 Å². The topological polar surface area (TPSA) is 102 Å². The molecular formula is C20H23ClN2O4. The lowest BCUT2D eigenvalue weighted by molar-refractivity contribution is -0.139. The van der Waals surface area contributed by atoms with Crippen LogP contribution in [0.5, 0.6) is 0 Å². The number of amides is 1. The second kappa shape index (κ2) is 9.39. The Kier molecular flexibility index (Phi) is 7.21. The molecule has 0 heterocycles. The summed E-state index contributed by atoms with van der Waals surface area (Å²) in [6.45, 7) is 0.476. The molecule has 0 bridgehead atoms. The van der Waals surface area contributed by atoms with E-state index in [4.69, 9.17) is 15.6 Å². The van der Waals surface area contributed by atoms with Crippen molar-refractivity contribution in [2.24, 2.45) is 5.73 Å². The van der Waals surface area contributed by atoms with E-state index in [2.05, 4.69) is 23.5 Å². The number of alkyl carbamates (subject to hydrolysis) is 1. The summed E-state index contributed by atoms with van der Waals surface area (Å²) in [4.78, 5) is 23.2. The van der Waals surface area contributed by atoms with E-state index in [0.29, 0.717) is 13.0 Å². The van der Waals surface area contributed by atoms with Crippen molar-refractivity contribution in [3.63, 3.8) is 0 Å². The van der Waals surface area contributed by atoms with Crippen LogP contribution in [0, 0.1) is 0 Å². The molecule has 1 amide bonds. The maximum Gasteiger partial charge on any atom is 0.408 e. The van der Waals surface area contributed by atoms with Gasteiger partial charge in [-0.15, -0.1) is 12.4 Å². The minimum atomic E-state index is -1.09. The lowest BCUT2D eigenvalue weighted by atomic mass is 10.0. The van der Waals surface area contributed by atoms with Crippen LogP contribution in [0.3, 0.4) is 0 Å². The summed E-state index contributed by atoms with van der Waals surface area (Å²) in [5, 5.41) is 11.5. The molecule has 0 saturated carbocycles. The number of rotatable bonds is 7. The van der Waals surface area contributed by atoms with Crippen molar-refractivity contribution in [1.29, 1.82) is 0 Å². The Hall–Kier alpha value is -2.57. The summed E-state index contributed by atoms with van der Waals surface area (Å²) < 4.78 is 5.27. The summed E-state index contributed by atoms with van der Waals surface area (Å²) in [6.07, 6.45) is 0.863. The highest BCUT2D eigenvalue weighted by atomic mass is 35.5. The first-order chi connectivity index (χ1) is 12.6. The first-order valence-electron chi connectivity index (χ1n) is 8.65. The average Bonchev–Trinajstić information content (AvgIpc) is 3.02. The number of nitrogens with two attached hydrogens (primary N) is 1. The molecule has 1 unspecified atom stereocenters. The Morgan fingerprint density at radius 2 is 1.89 bits per heavy atom. The van der Waals surface area contributed by atoms with E-state index in [9.17, 15) is 9.59 Å². The monoisotopic (exact) mass is 390 g/mol. The Morgan fingerprint density at radius 3 is 2.63 bits per heavy atom. The van der Waals surface area contributed by atoms with E-state index >= 15 is 0 Å². The molecule has 0 aliphatic heterocycles. The van der Waals surface area contributed by atoms with Crippen LogP contribution in [-0.4, -0.2) is 29.8 Å². The zero-order valence-electron chi connectivity index (χ0n) is 14.8. The lowest BCUT2D eigenvalue weighted by Gasteiger charge is -2.15. The van der Waals surface area contributed by atoms with Gasteiger partial charge in [0.05, 0.1) is 0 Å². The molecule has 6 nitrogen and oxygen atoms in total. The first-order valence-corrected chi connectivity index (χ1v) is 8.65. The molecule has 1 aliphatic carbocycles. The van der Waals surface area contributed by atoms with Gasteiger partial charge in [-0.25, -0.2) is 9.59 Å². The Balaban J connectivity index is 0.00000261. The van der Waals surface area contributed by atoms with Crippen LogP contribution < -0.4 is 11.1 Å². The first kappa shape index (κ1) is 20.7. The SMILES string of the molecule is Cl.NCCCC(NC(=O)OCc1cccc2c1Cc1ccccc1-2)C(=O)O. The molecule has 0 fully saturated rings. The number of ether oxygens (including phenoxy) is 1. The number of hydrogen-bond acceptors (Lipinski definition) is 4. The number of benzene rings is 2. The van der Waals surface area contributed by atoms with Gasteiger partial charge in [-0.05, 0) is 53.6 Å². The number of carbonyl (C=O) groups excluding carboxylic acids is 1. The van der Waals surface area contributed by atoms with Crippen LogP contribution >= 0.6 is 12.4 Å². The highest BCUT2D eigenvalue weighted by molar-refractivity contribution is 5.85. The normalized spacial score (nSPS) is 12.3. The molecule has 27 heavy (non-hydrogen) atoms. The van der Waals surface area contributed by atoms with Gasteiger partial charge in [0.1, 0.15) is 12.6 Å². The zero-order valence-corrected chi connectivity index (χ0v) is 15.6. The molecule has 7 heteroatoms. The van der Waals surface area contributed by atoms with Crippen LogP contribution in [0.25, 0.3) is 11.1 Å². The van der Waals surface area contributed by atoms with Crippen LogP contribution in [0.15, 0.2) is 42.5 Å². The summed E-state index contributed by atoms with van der Waals surface area (Å²) >= 11 is 0. The number of carboxylic acid groups (broad SMARTS) is 1. The van der Waals surface area contributed by atoms with E-state index in [1.54, 1.807) is 0 Å². The standard InChI is InChI=1S/C20H22N2O4.ClH/c21-10-4-9-18(19(23)24)22-20(25)26-12-14-6-3-8-16-15-7-2-1-5-13(15)11-17(14)16;/h1-3,5-8,18H,4,9-12,21H2,(H,22,25)(H,23,24);1H. The number of aliphatic carboxylic acids is 1. The molecule has 3 rings (SSSR count). The fourth-order valence-corrected chi connectivity index (χ4v) is 3.27. The van der Waals surface area contributed by atoms with Crippen LogP contribution in [-0.2, 0) is 22.6 Å². The maximum absolute atomic E-state index is 12.0. The van der Waals surface area contributed by atoms with Crippen molar-refractivity contribution >= 4 is 24.5 Å². The number of fused-ring (bicyclic) bond motifs is 3. The molecule has 0 radical (unpaired) electrons. The third-order valence-electron chi connectivity index (χ3n) is 4.59. The highest BCUT2D eigenvalue weighted by Crippen LogP contribution is 2.38. The number of nitrogens with one attached hydrogen (secondary N) is 1. The van der Waals surface area contributed by atoms with E-state index in [1.807, 2.05) is 24.3 Å². The van der Waals surface area contributed by atoms with Gasteiger partial charge in [-0.3, -0.25) is 0 Å². The molecule has 0 saturated heterocycles. The predicted octanol–water partition coefficient (Wildman–Crippen LogP) is 3.10. The van der Waals surface area contributed by atoms with Gasteiger partial charge in [-0.2, -0.15) is 0 Å². The van der Waals surface area contributed by atoms with Gasteiger partial charge in [0.25, 0.3) is 0 Å². The third kappa shape index (κ3) is 4.78. The smallest absolute Gasteiger partial charge is 0.408 e. The number of halogens is 1. The van der Waals surface area contributed by atoms with Crippen molar-refractivity contribution in [2.75, 3.05) is 6.54 Å². The Bertz CT molecular complexity index is 825. The summed E-state index contributed by atoms with van der Waals surface area (Å²) in [5.41, 5.74) is 11.1. The Labute approximate surface area is 164 Å². The minimum Gasteiger partial charge on any atom is -0.480 e. The van der Waals surface area contributed by atoms with Crippen LogP contribution in [0.1, 0.15) is 29.5 Å². The second-order valence-electron chi connectivity index (χ2n) is 6.32. The van der Waals surface area contributed by atoms with Gasteiger partial charge < -0.3 is 20.9 Å². The lowest BCUT2D eigenvalue weighted by Crippen LogP contribution is -2.41. The van der Waals surface area contributed by atoms with Gasteiger partial charge in [0.15, 0.2) is 0 Å². The van der Waals surface area contributed by atoms with Gasteiger partial charge >= 0.3 is 12.1 Å². The predicted molar refractivity (Wildman–Crippen MR) is 105 cm³/mol. The molecule has 2 aromatic rings. The van der Waals surface area contributed by atoms with E-state index in [-0.39, 0.29) is 25.4 Å². The molecule has 4 N–H and O–H groups in total. The summed E-state index contributed by atoms with van der Waals surface area (Å²) in [7, 11) is 0. The Morgan fingerprint density at radius 1 is 1.15 bits per heavy atom. The fraction of sp³-hybridized carbons (Fsp3) is 0.300. The number of hydrogen-bond donors (Lipinski definition) is 3. The molecule has 2 aromatic carbocycles. The molecule has 0 spiro atoms. The quantitative estimate of drug-likeness (QED) is 0.575. The second-order valence-corrected chi connectivity index (χ2v) is 6.32. The number of carbonyl (C=O) groups is 2.